The van der Waals surface area contributed by atoms with E-state index in [0.717, 1.165) is 31.0 Å². The first kappa shape index (κ1) is 17.0. The molecule has 134 valence electrons. The number of benzene rings is 2. The zero-order valence-electron chi connectivity index (χ0n) is 15.4. The van der Waals surface area contributed by atoms with E-state index in [0.29, 0.717) is 6.54 Å². The number of nitrogens with zero attached hydrogens (tertiary/aromatic N) is 3. The molecule has 0 radical (unpaired) electrons. The van der Waals surface area contributed by atoms with Crippen LogP contribution in [0.5, 0.6) is 0 Å². The predicted octanol–water partition coefficient (Wildman–Crippen LogP) is 3.68. The van der Waals surface area contributed by atoms with Crippen molar-refractivity contribution in [2.24, 2.45) is 0 Å². The van der Waals surface area contributed by atoms with Gasteiger partial charge < -0.3 is 5.11 Å². The summed E-state index contributed by atoms with van der Waals surface area (Å²) in [6.45, 7) is 7.56. The molecule has 0 fully saturated rings. The number of aromatic nitrogens is 2. The van der Waals surface area contributed by atoms with Gasteiger partial charge in [-0.3, -0.25) is 9.58 Å². The molecule has 26 heavy (non-hydrogen) atoms. The SMILES string of the molecule is Cc1nn(CCO)c(C)c1CN1Cc2ccccc2-c2ccccc2C1. The van der Waals surface area contributed by atoms with Gasteiger partial charge in [-0.05, 0) is 36.1 Å². The van der Waals surface area contributed by atoms with Crippen LogP contribution >= 0.6 is 0 Å². The molecule has 1 N–H and O–H groups in total. The zero-order chi connectivity index (χ0) is 18.1. The van der Waals surface area contributed by atoms with Gasteiger partial charge in [-0.15, -0.1) is 0 Å². The van der Waals surface area contributed by atoms with Crippen LogP contribution in [0.4, 0.5) is 0 Å². The smallest absolute Gasteiger partial charge is 0.0644 e. The van der Waals surface area contributed by atoms with E-state index in [-0.39, 0.29) is 6.61 Å². The molecular formula is C22H25N3O. The number of fused-ring (bicyclic) bond motifs is 3. The Balaban J connectivity index is 1.70. The number of hydrogen-bond acceptors (Lipinski definition) is 3. The highest BCUT2D eigenvalue weighted by atomic mass is 16.3. The lowest BCUT2D eigenvalue weighted by Crippen LogP contribution is -2.22. The van der Waals surface area contributed by atoms with Crippen LogP contribution in [0.2, 0.25) is 0 Å². The molecule has 4 heteroatoms. The van der Waals surface area contributed by atoms with Gasteiger partial charge in [0.15, 0.2) is 0 Å². The van der Waals surface area contributed by atoms with E-state index in [4.69, 9.17) is 0 Å². The highest BCUT2D eigenvalue weighted by Gasteiger charge is 2.21. The molecule has 0 spiro atoms. The summed E-state index contributed by atoms with van der Waals surface area (Å²) < 4.78 is 1.92. The maximum absolute atomic E-state index is 9.25. The molecule has 0 atom stereocenters. The third kappa shape index (κ3) is 3.06. The van der Waals surface area contributed by atoms with Crippen LogP contribution in [0.25, 0.3) is 11.1 Å². The van der Waals surface area contributed by atoms with Crippen molar-refractivity contribution in [2.45, 2.75) is 40.0 Å². The van der Waals surface area contributed by atoms with E-state index >= 15 is 0 Å². The number of aryl methyl sites for hydroxylation is 1. The predicted molar refractivity (Wildman–Crippen MR) is 104 cm³/mol. The van der Waals surface area contributed by atoms with E-state index in [1.165, 1.54) is 27.8 Å². The Hall–Kier alpha value is -2.43. The van der Waals surface area contributed by atoms with Crippen LogP contribution in [0.15, 0.2) is 48.5 Å². The van der Waals surface area contributed by atoms with Gasteiger partial charge in [0.05, 0.1) is 18.8 Å². The Morgan fingerprint density at radius 1 is 0.923 bits per heavy atom. The second kappa shape index (κ2) is 7.06. The fraction of sp³-hybridized carbons (Fsp3) is 0.318. The first-order valence-corrected chi connectivity index (χ1v) is 9.19. The Labute approximate surface area is 154 Å². The lowest BCUT2D eigenvalue weighted by atomic mass is 9.97. The van der Waals surface area contributed by atoms with Gasteiger partial charge in [0.2, 0.25) is 0 Å². The lowest BCUT2D eigenvalue weighted by Gasteiger charge is -2.21. The first-order chi connectivity index (χ1) is 12.7. The summed E-state index contributed by atoms with van der Waals surface area (Å²) in [5.74, 6) is 0. The quantitative estimate of drug-likeness (QED) is 0.783. The van der Waals surface area contributed by atoms with E-state index in [1.54, 1.807) is 0 Å². The highest BCUT2D eigenvalue weighted by molar-refractivity contribution is 5.71. The molecule has 0 bridgehead atoms. The van der Waals surface area contributed by atoms with Gasteiger partial charge in [-0.25, -0.2) is 0 Å². The summed E-state index contributed by atoms with van der Waals surface area (Å²) in [5.41, 5.74) is 8.91. The molecule has 4 nitrogen and oxygen atoms in total. The second-order valence-corrected chi connectivity index (χ2v) is 7.06. The van der Waals surface area contributed by atoms with Crippen molar-refractivity contribution >= 4 is 0 Å². The summed E-state index contributed by atoms with van der Waals surface area (Å²) in [5, 5.41) is 13.9. The van der Waals surface area contributed by atoms with E-state index in [1.807, 2.05) is 4.68 Å². The summed E-state index contributed by atoms with van der Waals surface area (Å²) in [6.07, 6.45) is 0. The van der Waals surface area contributed by atoms with Gasteiger partial charge in [0.1, 0.15) is 0 Å². The number of rotatable bonds is 4. The Kier molecular flexibility index (Phi) is 4.62. The fourth-order valence-electron chi connectivity index (χ4n) is 3.99. The molecule has 4 rings (SSSR count). The van der Waals surface area contributed by atoms with Gasteiger partial charge in [0, 0.05) is 30.9 Å². The van der Waals surface area contributed by atoms with Crippen molar-refractivity contribution in [3.8, 4) is 11.1 Å². The molecule has 2 aromatic carbocycles. The lowest BCUT2D eigenvalue weighted by molar-refractivity contribution is 0.249. The topological polar surface area (TPSA) is 41.3 Å². The van der Waals surface area contributed by atoms with Crippen molar-refractivity contribution in [3.63, 3.8) is 0 Å². The number of aliphatic hydroxyl groups excluding tert-OH is 1. The normalized spacial score (nSPS) is 14.0. The van der Waals surface area contributed by atoms with Crippen LogP contribution in [0.1, 0.15) is 28.1 Å². The van der Waals surface area contributed by atoms with Crippen LogP contribution in [0, 0.1) is 13.8 Å². The van der Waals surface area contributed by atoms with E-state index < -0.39 is 0 Å². The molecule has 0 unspecified atom stereocenters. The minimum atomic E-state index is 0.117. The molecule has 0 aliphatic carbocycles. The summed E-state index contributed by atoms with van der Waals surface area (Å²) in [7, 11) is 0. The van der Waals surface area contributed by atoms with Crippen LogP contribution in [-0.2, 0) is 26.2 Å². The van der Waals surface area contributed by atoms with Crippen LogP contribution in [0.3, 0.4) is 0 Å². The Morgan fingerprint density at radius 3 is 2.08 bits per heavy atom. The number of hydrogen-bond donors (Lipinski definition) is 1. The molecule has 3 aromatic rings. The van der Waals surface area contributed by atoms with Crippen molar-refractivity contribution in [2.75, 3.05) is 6.61 Å². The second-order valence-electron chi connectivity index (χ2n) is 7.06. The van der Waals surface area contributed by atoms with E-state index in [9.17, 15) is 5.11 Å². The minimum absolute atomic E-state index is 0.117. The first-order valence-electron chi connectivity index (χ1n) is 9.19. The zero-order valence-corrected chi connectivity index (χ0v) is 15.4. The minimum Gasteiger partial charge on any atom is -0.394 e. The van der Waals surface area contributed by atoms with Crippen molar-refractivity contribution in [1.29, 1.82) is 0 Å². The van der Waals surface area contributed by atoms with E-state index in [2.05, 4.69) is 72.4 Å². The maximum Gasteiger partial charge on any atom is 0.0644 e. The largest absolute Gasteiger partial charge is 0.394 e. The summed E-state index contributed by atoms with van der Waals surface area (Å²) in [6, 6.07) is 17.4. The molecule has 1 aliphatic rings. The van der Waals surface area contributed by atoms with Crippen LogP contribution < -0.4 is 0 Å². The van der Waals surface area contributed by atoms with Crippen LogP contribution in [-0.4, -0.2) is 26.4 Å². The molecule has 2 heterocycles. The van der Waals surface area contributed by atoms with Gasteiger partial charge in [-0.2, -0.15) is 5.10 Å². The Morgan fingerprint density at radius 2 is 1.50 bits per heavy atom. The molecular weight excluding hydrogens is 322 g/mol. The third-order valence-corrected chi connectivity index (χ3v) is 5.34. The van der Waals surface area contributed by atoms with Gasteiger partial charge in [0.25, 0.3) is 0 Å². The number of aliphatic hydroxyl groups is 1. The molecule has 0 saturated carbocycles. The summed E-state index contributed by atoms with van der Waals surface area (Å²) in [4.78, 5) is 2.49. The van der Waals surface area contributed by atoms with Gasteiger partial charge >= 0.3 is 0 Å². The third-order valence-electron chi connectivity index (χ3n) is 5.34. The average molecular weight is 347 g/mol. The van der Waals surface area contributed by atoms with Crippen molar-refractivity contribution in [3.05, 3.63) is 76.6 Å². The molecule has 1 aliphatic heterocycles. The monoisotopic (exact) mass is 347 g/mol. The van der Waals surface area contributed by atoms with Gasteiger partial charge in [-0.1, -0.05) is 48.5 Å². The molecule has 0 amide bonds. The highest BCUT2D eigenvalue weighted by Crippen LogP contribution is 2.33. The maximum atomic E-state index is 9.25. The Bertz CT molecular complexity index is 881. The van der Waals surface area contributed by atoms with Crippen molar-refractivity contribution < 1.29 is 5.11 Å². The summed E-state index contributed by atoms with van der Waals surface area (Å²) >= 11 is 0. The standard InChI is InChI=1S/C22H25N3O/c1-16-22(17(2)25(23-16)11-12-26)15-24-13-18-7-3-5-9-20(18)21-10-6-4-8-19(21)14-24/h3-10,26H,11-15H2,1-2H3. The van der Waals surface area contributed by atoms with Crippen molar-refractivity contribution in [1.82, 2.24) is 14.7 Å². The molecule has 0 saturated heterocycles. The molecule has 1 aromatic heterocycles. The fourth-order valence-corrected chi connectivity index (χ4v) is 3.99. The average Bonchev–Trinajstić information content (AvgIpc) is 2.82.